The van der Waals surface area contributed by atoms with Gasteiger partial charge in [-0.15, -0.1) is 0 Å². The lowest BCUT2D eigenvalue weighted by molar-refractivity contribution is -0.122. The van der Waals surface area contributed by atoms with Crippen LogP contribution >= 0.6 is 0 Å². The molecule has 104 valence electrons. The van der Waals surface area contributed by atoms with E-state index in [0.717, 1.165) is 24.4 Å². The molecule has 1 aliphatic rings. The lowest BCUT2D eigenvalue weighted by Gasteiger charge is -2.14. The Bertz CT molecular complexity index is 407. The Hall–Kier alpha value is -1.35. The zero-order valence-electron chi connectivity index (χ0n) is 11.7. The fraction of sp³-hybridized carbons (Fsp3) is 0.562. The number of carbonyl (C=O) groups is 1. The summed E-state index contributed by atoms with van der Waals surface area (Å²) in [7, 11) is 0. The maximum atomic E-state index is 12.0. The van der Waals surface area contributed by atoms with Gasteiger partial charge in [0, 0.05) is 6.54 Å². The summed E-state index contributed by atoms with van der Waals surface area (Å²) in [4.78, 5) is 12.0. The fourth-order valence-corrected chi connectivity index (χ4v) is 2.73. The van der Waals surface area contributed by atoms with Crippen molar-refractivity contribution in [2.24, 2.45) is 11.7 Å². The molecule has 0 spiro atoms. The molecule has 0 saturated heterocycles. The number of hydrogen-bond donors (Lipinski definition) is 2. The summed E-state index contributed by atoms with van der Waals surface area (Å²) in [6, 6.07) is 7.28. The highest BCUT2D eigenvalue weighted by Crippen LogP contribution is 2.26. The number of rotatable bonds is 5. The maximum Gasteiger partial charge on any atom is 0.241 e. The smallest absolute Gasteiger partial charge is 0.241 e. The Balaban J connectivity index is 1.77. The molecule has 1 amide bonds. The molecular formula is C16H24N2O. The molecule has 0 heterocycles. The van der Waals surface area contributed by atoms with E-state index in [9.17, 15) is 4.79 Å². The first-order chi connectivity index (χ1) is 9.16. The fourth-order valence-electron chi connectivity index (χ4n) is 2.73. The van der Waals surface area contributed by atoms with Gasteiger partial charge >= 0.3 is 0 Å². The number of nitrogens with two attached hydrogens (primary N) is 1. The van der Waals surface area contributed by atoms with Gasteiger partial charge < -0.3 is 11.1 Å². The van der Waals surface area contributed by atoms with Crippen molar-refractivity contribution in [3.8, 4) is 0 Å². The first-order valence-electron chi connectivity index (χ1n) is 7.26. The second-order valence-electron chi connectivity index (χ2n) is 5.62. The summed E-state index contributed by atoms with van der Waals surface area (Å²) >= 11 is 0. The molecule has 0 bridgehead atoms. The van der Waals surface area contributed by atoms with Crippen molar-refractivity contribution in [3.63, 3.8) is 0 Å². The Labute approximate surface area is 115 Å². The van der Waals surface area contributed by atoms with E-state index in [-0.39, 0.29) is 5.91 Å². The number of nitrogens with one attached hydrogen (secondary N) is 1. The average molecular weight is 260 g/mol. The SMILES string of the molecule is Cc1ccc(C(N)C(=O)NCCC2CCCC2)cc1. The van der Waals surface area contributed by atoms with Gasteiger partial charge in [0.1, 0.15) is 6.04 Å². The Kier molecular flexibility index (Phi) is 4.97. The van der Waals surface area contributed by atoms with Crippen molar-refractivity contribution in [2.75, 3.05) is 6.54 Å². The third-order valence-electron chi connectivity index (χ3n) is 4.05. The molecule has 0 aliphatic heterocycles. The van der Waals surface area contributed by atoms with Gasteiger partial charge in [0.2, 0.25) is 5.91 Å². The molecule has 0 aromatic heterocycles. The summed E-state index contributed by atoms with van der Waals surface area (Å²) in [5.74, 6) is 0.734. The highest BCUT2D eigenvalue weighted by atomic mass is 16.2. The summed E-state index contributed by atoms with van der Waals surface area (Å²) in [5.41, 5.74) is 8.03. The van der Waals surface area contributed by atoms with Crippen molar-refractivity contribution >= 4 is 5.91 Å². The minimum absolute atomic E-state index is 0.0677. The first kappa shape index (κ1) is 14.1. The number of aryl methyl sites for hydroxylation is 1. The van der Waals surface area contributed by atoms with Gasteiger partial charge in [-0.3, -0.25) is 4.79 Å². The Morgan fingerprint density at radius 1 is 1.32 bits per heavy atom. The normalized spacial score (nSPS) is 17.4. The van der Waals surface area contributed by atoms with E-state index in [1.165, 1.54) is 31.2 Å². The molecule has 1 saturated carbocycles. The molecule has 19 heavy (non-hydrogen) atoms. The van der Waals surface area contributed by atoms with Crippen molar-refractivity contribution in [1.29, 1.82) is 0 Å². The van der Waals surface area contributed by atoms with Crippen LogP contribution < -0.4 is 11.1 Å². The van der Waals surface area contributed by atoms with Crippen molar-refractivity contribution in [2.45, 2.75) is 45.1 Å². The van der Waals surface area contributed by atoms with Crippen LogP contribution in [0, 0.1) is 12.8 Å². The van der Waals surface area contributed by atoms with Gasteiger partial charge in [-0.2, -0.15) is 0 Å². The van der Waals surface area contributed by atoms with Crippen LogP contribution in [0.2, 0.25) is 0 Å². The molecule has 3 nitrogen and oxygen atoms in total. The molecule has 1 aromatic rings. The van der Waals surface area contributed by atoms with E-state index in [1.54, 1.807) is 0 Å². The monoisotopic (exact) mass is 260 g/mol. The van der Waals surface area contributed by atoms with Crippen LogP contribution in [0.15, 0.2) is 24.3 Å². The predicted octanol–water partition coefficient (Wildman–Crippen LogP) is 2.69. The van der Waals surface area contributed by atoms with E-state index in [1.807, 2.05) is 31.2 Å². The largest absolute Gasteiger partial charge is 0.354 e. The molecule has 1 unspecified atom stereocenters. The van der Waals surface area contributed by atoms with Crippen LogP contribution in [0.4, 0.5) is 0 Å². The molecule has 3 N–H and O–H groups in total. The lowest BCUT2D eigenvalue weighted by Crippen LogP contribution is -2.35. The van der Waals surface area contributed by atoms with Crippen LogP contribution in [0.3, 0.4) is 0 Å². The van der Waals surface area contributed by atoms with Crippen molar-refractivity contribution in [1.82, 2.24) is 5.32 Å². The van der Waals surface area contributed by atoms with Crippen LogP contribution in [-0.2, 0) is 4.79 Å². The molecule has 1 aromatic carbocycles. The van der Waals surface area contributed by atoms with Crippen molar-refractivity contribution in [3.05, 3.63) is 35.4 Å². The predicted molar refractivity (Wildman–Crippen MR) is 77.7 cm³/mol. The Morgan fingerprint density at radius 3 is 2.58 bits per heavy atom. The molecule has 3 heteroatoms. The zero-order chi connectivity index (χ0) is 13.7. The van der Waals surface area contributed by atoms with E-state index in [2.05, 4.69) is 5.32 Å². The quantitative estimate of drug-likeness (QED) is 0.855. The maximum absolute atomic E-state index is 12.0. The van der Waals surface area contributed by atoms with Crippen LogP contribution in [0.5, 0.6) is 0 Å². The first-order valence-corrected chi connectivity index (χ1v) is 7.26. The van der Waals surface area contributed by atoms with Gasteiger partial charge in [-0.25, -0.2) is 0 Å². The second kappa shape index (κ2) is 6.71. The zero-order valence-corrected chi connectivity index (χ0v) is 11.7. The van der Waals surface area contributed by atoms with Crippen LogP contribution in [0.1, 0.15) is 49.3 Å². The molecule has 2 rings (SSSR count). The van der Waals surface area contributed by atoms with Crippen molar-refractivity contribution < 1.29 is 4.79 Å². The molecule has 1 fully saturated rings. The van der Waals surface area contributed by atoms with Gasteiger partial charge in [0.25, 0.3) is 0 Å². The lowest BCUT2D eigenvalue weighted by atomic mass is 10.0. The molecule has 1 aliphatic carbocycles. The Morgan fingerprint density at radius 2 is 1.95 bits per heavy atom. The van der Waals surface area contributed by atoms with Crippen LogP contribution in [-0.4, -0.2) is 12.5 Å². The van der Waals surface area contributed by atoms with E-state index in [0.29, 0.717) is 0 Å². The summed E-state index contributed by atoms with van der Waals surface area (Å²) in [6.45, 7) is 2.78. The number of amides is 1. The van der Waals surface area contributed by atoms with Gasteiger partial charge in [0.15, 0.2) is 0 Å². The standard InChI is InChI=1S/C16H24N2O/c1-12-6-8-14(9-7-12)15(17)16(19)18-11-10-13-4-2-3-5-13/h6-9,13,15H,2-5,10-11,17H2,1H3,(H,18,19). The highest BCUT2D eigenvalue weighted by Gasteiger charge is 2.17. The number of benzene rings is 1. The minimum Gasteiger partial charge on any atom is -0.354 e. The minimum atomic E-state index is -0.552. The van der Waals surface area contributed by atoms with Gasteiger partial charge in [-0.05, 0) is 24.8 Å². The van der Waals surface area contributed by atoms with E-state index in [4.69, 9.17) is 5.73 Å². The van der Waals surface area contributed by atoms with Crippen LogP contribution in [0.25, 0.3) is 0 Å². The second-order valence-corrected chi connectivity index (χ2v) is 5.62. The third kappa shape index (κ3) is 4.06. The summed E-state index contributed by atoms with van der Waals surface area (Å²) in [6.07, 6.45) is 6.43. The van der Waals surface area contributed by atoms with Gasteiger partial charge in [-0.1, -0.05) is 55.5 Å². The number of carbonyl (C=O) groups excluding carboxylic acids is 1. The molecule has 1 atom stereocenters. The number of hydrogen-bond acceptors (Lipinski definition) is 2. The third-order valence-corrected chi connectivity index (χ3v) is 4.05. The molecule has 0 radical (unpaired) electrons. The van der Waals surface area contributed by atoms with Gasteiger partial charge in [0.05, 0.1) is 0 Å². The highest BCUT2D eigenvalue weighted by molar-refractivity contribution is 5.82. The van der Waals surface area contributed by atoms with E-state index >= 15 is 0 Å². The molecular weight excluding hydrogens is 236 g/mol. The summed E-state index contributed by atoms with van der Waals surface area (Å²) < 4.78 is 0. The van der Waals surface area contributed by atoms with E-state index < -0.39 is 6.04 Å². The topological polar surface area (TPSA) is 55.1 Å². The average Bonchev–Trinajstić information content (AvgIpc) is 2.92. The summed E-state index contributed by atoms with van der Waals surface area (Å²) in [5, 5.41) is 2.96.